The van der Waals surface area contributed by atoms with Crippen molar-refractivity contribution in [3.63, 3.8) is 0 Å². The first kappa shape index (κ1) is 24.8. The average Bonchev–Trinajstić information content (AvgIpc) is 3.46. The van der Waals surface area contributed by atoms with Gasteiger partial charge in [0, 0.05) is 50.9 Å². The molecule has 0 spiro atoms. The summed E-state index contributed by atoms with van der Waals surface area (Å²) in [6, 6.07) is 9.14. The number of nitrogen functional groups attached to an aromatic ring is 1. The van der Waals surface area contributed by atoms with E-state index in [9.17, 15) is 4.79 Å². The predicted molar refractivity (Wildman–Crippen MR) is 144 cm³/mol. The highest BCUT2D eigenvalue weighted by Gasteiger charge is 2.27. The highest BCUT2D eigenvalue weighted by molar-refractivity contribution is 7.23. The second-order valence-electron chi connectivity index (χ2n) is 8.59. The number of nitrogens with zero attached hydrogens (tertiary/aromatic N) is 3. The summed E-state index contributed by atoms with van der Waals surface area (Å²) in [5.74, 6) is -0.196. The van der Waals surface area contributed by atoms with Gasteiger partial charge in [-0.25, -0.2) is 0 Å². The third-order valence-corrected chi connectivity index (χ3v) is 7.55. The Morgan fingerprint density at radius 1 is 1.31 bits per heavy atom. The molecule has 4 rings (SSSR count). The van der Waals surface area contributed by atoms with E-state index in [0.717, 1.165) is 33.9 Å². The third-order valence-electron chi connectivity index (χ3n) is 6.39. The molecule has 1 aliphatic rings. The molecule has 5 N–H and O–H groups in total. The SMILES string of the molecule is CN=CC(C=N)c1ccc(C(=N)c2cc3sc(N(C)C(=O)C(C)N4CCOCC4)cc3[nH]2)c(N)c1. The zero-order valence-electron chi connectivity index (χ0n) is 20.2. The van der Waals surface area contributed by atoms with Crippen LogP contribution in [0.15, 0.2) is 35.3 Å². The Hall–Kier alpha value is -3.34. The number of rotatable bonds is 8. The van der Waals surface area contributed by atoms with E-state index in [4.69, 9.17) is 21.3 Å². The molecule has 10 heteroatoms. The molecule has 9 nitrogen and oxygen atoms in total. The van der Waals surface area contributed by atoms with E-state index in [1.165, 1.54) is 17.6 Å². The lowest BCUT2D eigenvalue weighted by Crippen LogP contribution is -2.50. The second kappa shape index (κ2) is 10.5. The third kappa shape index (κ3) is 5.04. The van der Waals surface area contributed by atoms with Crippen LogP contribution in [0.3, 0.4) is 0 Å². The number of aliphatic imine (C=N–C) groups is 1. The van der Waals surface area contributed by atoms with Crippen LogP contribution in [0.25, 0.3) is 10.2 Å². The molecule has 1 aromatic carbocycles. The number of hydrogen-bond acceptors (Lipinski definition) is 8. The first-order chi connectivity index (χ1) is 16.8. The van der Waals surface area contributed by atoms with Crippen LogP contribution in [0.1, 0.15) is 29.7 Å². The molecular formula is C25H31N7O2S. The van der Waals surface area contributed by atoms with E-state index in [-0.39, 0.29) is 17.9 Å². The standard InChI is InChI=1S/C25H31N7O2S/c1-15(32-6-8-34-9-7-32)25(33)31(3)23-12-20-22(35-23)11-21(30-20)24(28)18-5-4-16(10-19(18)27)17(13-26)14-29-2/h4-5,10-15,17,26,28,30H,6-9,27H2,1-3H3. The average molecular weight is 494 g/mol. The number of aromatic nitrogens is 1. The molecule has 2 atom stereocenters. The number of thiophene rings is 1. The van der Waals surface area contributed by atoms with Crippen molar-refractivity contribution in [2.45, 2.75) is 18.9 Å². The van der Waals surface area contributed by atoms with Crippen molar-refractivity contribution in [3.8, 4) is 0 Å². The molecule has 0 bridgehead atoms. The molecular weight excluding hydrogens is 462 g/mol. The molecule has 0 saturated carbocycles. The molecule has 1 amide bonds. The number of nitrogens with two attached hydrogens (primary N) is 1. The number of carbonyl (C=O) groups is 1. The number of morpholine rings is 1. The smallest absolute Gasteiger partial charge is 0.244 e. The maximum Gasteiger partial charge on any atom is 0.244 e. The van der Waals surface area contributed by atoms with Gasteiger partial charge in [-0.2, -0.15) is 0 Å². The van der Waals surface area contributed by atoms with E-state index in [1.807, 2.05) is 31.2 Å². The topological polar surface area (TPSA) is 135 Å². The Morgan fingerprint density at radius 3 is 2.69 bits per heavy atom. The summed E-state index contributed by atoms with van der Waals surface area (Å²) in [4.78, 5) is 24.2. The van der Waals surface area contributed by atoms with Crippen molar-refractivity contribution in [2.24, 2.45) is 4.99 Å². The molecule has 35 heavy (non-hydrogen) atoms. The Bertz CT molecular complexity index is 1240. The summed E-state index contributed by atoms with van der Waals surface area (Å²) < 4.78 is 6.37. The summed E-state index contributed by atoms with van der Waals surface area (Å²) >= 11 is 1.51. The van der Waals surface area contributed by atoms with Crippen LogP contribution in [0.5, 0.6) is 0 Å². The largest absolute Gasteiger partial charge is 0.398 e. The summed E-state index contributed by atoms with van der Waals surface area (Å²) in [7, 11) is 3.48. The number of H-pyrrole nitrogens is 1. The van der Waals surface area contributed by atoms with Gasteiger partial charge in [0.2, 0.25) is 5.91 Å². The Labute approximate surface area is 208 Å². The van der Waals surface area contributed by atoms with Crippen LogP contribution in [0.4, 0.5) is 10.7 Å². The Balaban J connectivity index is 1.51. The van der Waals surface area contributed by atoms with Crippen LogP contribution in [-0.4, -0.2) is 80.4 Å². The van der Waals surface area contributed by atoms with Gasteiger partial charge in [0.1, 0.15) is 5.00 Å². The number of aromatic amines is 1. The van der Waals surface area contributed by atoms with Crippen LogP contribution < -0.4 is 10.6 Å². The first-order valence-corrected chi connectivity index (χ1v) is 12.3. The lowest BCUT2D eigenvalue weighted by atomic mass is 9.96. The maximum absolute atomic E-state index is 13.0. The molecule has 2 aromatic heterocycles. The van der Waals surface area contributed by atoms with Gasteiger partial charge in [0.05, 0.1) is 46.8 Å². The number of fused-ring (bicyclic) bond motifs is 1. The monoisotopic (exact) mass is 493 g/mol. The number of nitrogens with one attached hydrogen (secondary N) is 3. The van der Waals surface area contributed by atoms with Crippen molar-refractivity contribution in [3.05, 3.63) is 47.2 Å². The van der Waals surface area contributed by atoms with E-state index >= 15 is 0 Å². The van der Waals surface area contributed by atoms with E-state index < -0.39 is 0 Å². The van der Waals surface area contributed by atoms with Crippen molar-refractivity contribution in [1.29, 1.82) is 10.8 Å². The second-order valence-corrected chi connectivity index (χ2v) is 9.65. The van der Waals surface area contributed by atoms with Crippen molar-refractivity contribution >= 4 is 56.3 Å². The minimum atomic E-state index is -0.245. The van der Waals surface area contributed by atoms with Gasteiger partial charge >= 0.3 is 0 Å². The molecule has 3 heterocycles. The maximum atomic E-state index is 13.0. The molecule has 1 saturated heterocycles. The minimum absolute atomic E-state index is 0.0491. The number of ether oxygens (including phenoxy) is 1. The van der Waals surface area contributed by atoms with Crippen LogP contribution >= 0.6 is 11.3 Å². The van der Waals surface area contributed by atoms with Crippen molar-refractivity contribution in [1.82, 2.24) is 9.88 Å². The van der Waals surface area contributed by atoms with Gasteiger partial charge in [-0.1, -0.05) is 12.1 Å². The highest BCUT2D eigenvalue weighted by atomic mass is 32.1. The fraction of sp³-hybridized carbons (Fsp3) is 0.360. The summed E-state index contributed by atoms with van der Waals surface area (Å²) in [5.41, 5.74) is 10.1. The predicted octanol–water partition coefficient (Wildman–Crippen LogP) is 3.35. The molecule has 0 aliphatic carbocycles. The van der Waals surface area contributed by atoms with E-state index in [2.05, 4.69) is 14.9 Å². The van der Waals surface area contributed by atoms with E-state index in [1.54, 1.807) is 31.3 Å². The van der Waals surface area contributed by atoms with Crippen molar-refractivity contribution < 1.29 is 9.53 Å². The molecule has 184 valence electrons. The Kier molecular flexibility index (Phi) is 7.44. The number of amides is 1. The van der Waals surface area contributed by atoms with Gasteiger partial charge in [0.25, 0.3) is 0 Å². The fourth-order valence-corrected chi connectivity index (χ4v) is 5.29. The quantitative estimate of drug-likeness (QED) is 0.283. The molecule has 1 fully saturated rings. The molecule has 1 aliphatic heterocycles. The molecule has 3 aromatic rings. The number of likely N-dealkylation sites (N-methyl/N-ethyl adjacent to an activating group) is 1. The number of benzene rings is 1. The number of carbonyl (C=O) groups excluding carboxylic acids is 1. The summed E-state index contributed by atoms with van der Waals surface area (Å²) in [6.07, 6.45) is 3.00. The minimum Gasteiger partial charge on any atom is -0.398 e. The zero-order valence-corrected chi connectivity index (χ0v) is 21.0. The summed E-state index contributed by atoms with van der Waals surface area (Å²) in [6.45, 7) is 4.77. The normalized spacial score (nSPS) is 16.4. The van der Waals surface area contributed by atoms with Gasteiger partial charge in [-0.05, 0) is 30.7 Å². The number of anilines is 2. The summed E-state index contributed by atoms with van der Waals surface area (Å²) in [5, 5.41) is 17.2. The lowest BCUT2D eigenvalue weighted by molar-refractivity contribution is -0.124. The van der Waals surface area contributed by atoms with Crippen molar-refractivity contribution in [2.75, 3.05) is 51.0 Å². The van der Waals surface area contributed by atoms with Crippen LogP contribution in [0, 0.1) is 10.8 Å². The van der Waals surface area contributed by atoms with Crippen LogP contribution in [0.2, 0.25) is 0 Å². The van der Waals surface area contributed by atoms with Gasteiger partial charge in [-0.3, -0.25) is 20.1 Å². The highest BCUT2D eigenvalue weighted by Crippen LogP contribution is 2.34. The lowest BCUT2D eigenvalue weighted by Gasteiger charge is -2.33. The van der Waals surface area contributed by atoms with E-state index in [0.29, 0.717) is 35.9 Å². The zero-order chi connectivity index (χ0) is 25.1. The molecule has 2 unspecified atom stereocenters. The van der Waals surface area contributed by atoms with Gasteiger partial charge in [0.15, 0.2) is 0 Å². The Morgan fingerprint density at radius 2 is 2.06 bits per heavy atom. The molecule has 0 radical (unpaired) electrons. The van der Waals surface area contributed by atoms with Crippen LogP contribution in [-0.2, 0) is 9.53 Å². The van der Waals surface area contributed by atoms with Gasteiger partial charge in [-0.15, -0.1) is 11.3 Å². The van der Waals surface area contributed by atoms with Gasteiger partial charge < -0.3 is 25.8 Å². The number of hydrogen-bond donors (Lipinski definition) is 4. The first-order valence-electron chi connectivity index (χ1n) is 11.5. The fourth-order valence-electron chi connectivity index (χ4n) is 4.27.